The molecule has 0 aliphatic rings. The molecule has 0 heterocycles. The summed E-state index contributed by atoms with van der Waals surface area (Å²) in [4.78, 5) is 0. The van der Waals surface area contributed by atoms with Crippen molar-refractivity contribution in [1.29, 1.82) is 0 Å². The number of hydrogen-bond acceptors (Lipinski definition) is 0. The summed E-state index contributed by atoms with van der Waals surface area (Å²) in [7, 11) is -1.65. The van der Waals surface area contributed by atoms with E-state index < -0.39 is 7.26 Å². The third kappa shape index (κ3) is 4.64. The van der Waals surface area contributed by atoms with Gasteiger partial charge in [-0.1, -0.05) is 66.2 Å². The van der Waals surface area contributed by atoms with Gasteiger partial charge in [0, 0.05) is 6.42 Å². The molecule has 0 fully saturated rings. The van der Waals surface area contributed by atoms with Crippen LogP contribution in [0.1, 0.15) is 20.3 Å². The van der Waals surface area contributed by atoms with E-state index in [1.54, 1.807) is 0 Å². The van der Waals surface area contributed by atoms with Crippen LogP contribution in [-0.2, 0) is 0 Å². The average molecular weight is 472 g/mol. The Balaban J connectivity index is 0.00000243. The van der Waals surface area contributed by atoms with Crippen LogP contribution in [0.2, 0.25) is 0 Å². The van der Waals surface area contributed by atoms with Gasteiger partial charge in [-0.3, -0.25) is 0 Å². The third-order valence-corrected chi connectivity index (χ3v) is 9.08. The van der Waals surface area contributed by atoms with Gasteiger partial charge in [-0.2, -0.15) is 0 Å². The molecular weight excluding hydrogens is 446 g/mol. The molecule has 0 unspecified atom stereocenters. The standard InChI is InChI=1S/C24H26P.HI/c1-21(2)13-12-20-25(22-14-6-3-7-15-22,23-16-8-4-9-17-23)24-18-10-5-11-19-24;/h3-11,13-19H,12,20H2,1-2H3;1H/q+1;/p-1. The Hall–Kier alpha value is -1.44. The normalized spacial score (nSPS) is 10.7. The molecule has 2 heteroatoms. The predicted molar refractivity (Wildman–Crippen MR) is 114 cm³/mol. The van der Waals surface area contributed by atoms with E-state index in [1.165, 1.54) is 21.5 Å². The minimum absolute atomic E-state index is 0. The van der Waals surface area contributed by atoms with Crippen LogP contribution >= 0.6 is 7.26 Å². The summed E-state index contributed by atoms with van der Waals surface area (Å²) in [6.07, 6.45) is 4.65. The van der Waals surface area contributed by atoms with Crippen molar-refractivity contribution in [1.82, 2.24) is 0 Å². The smallest absolute Gasteiger partial charge is 0.112 e. The van der Waals surface area contributed by atoms with Gasteiger partial charge in [0.2, 0.25) is 0 Å². The van der Waals surface area contributed by atoms with Gasteiger partial charge in [-0.25, -0.2) is 0 Å². The molecule has 0 spiro atoms. The number of allylic oxidation sites excluding steroid dienone is 2. The van der Waals surface area contributed by atoms with E-state index in [4.69, 9.17) is 0 Å². The first-order valence-corrected chi connectivity index (χ1v) is 10.9. The fourth-order valence-electron chi connectivity index (χ4n) is 3.43. The Kier molecular flexibility index (Phi) is 8.06. The minimum atomic E-state index is -1.65. The van der Waals surface area contributed by atoms with Crippen LogP contribution in [0, 0.1) is 0 Å². The molecule has 0 aliphatic carbocycles. The van der Waals surface area contributed by atoms with E-state index in [0.29, 0.717) is 0 Å². The SMILES string of the molecule is CC(C)=CCC[P+](c1ccccc1)(c1ccccc1)c1ccccc1.[I-]. The molecule has 0 saturated heterocycles. The molecule has 0 nitrogen and oxygen atoms in total. The molecule has 0 N–H and O–H groups in total. The highest BCUT2D eigenvalue weighted by Gasteiger charge is 2.44. The first-order chi connectivity index (χ1) is 12.2. The molecule has 0 aliphatic heterocycles. The lowest BCUT2D eigenvalue weighted by Gasteiger charge is -2.27. The molecule has 0 saturated carbocycles. The molecule has 3 aromatic rings. The van der Waals surface area contributed by atoms with Crippen molar-refractivity contribution >= 4 is 23.2 Å². The molecule has 0 atom stereocenters. The van der Waals surface area contributed by atoms with Gasteiger partial charge >= 0.3 is 0 Å². The van der Waals surface area contributed by atoms with E-state index in [2.05, 4.69) is 111 Å². The molecule has 0 aromatic heterocycles. The van der Waals surface area contributed by atoms with Crippen molar-refractivity contribution in [3.05, 3.63) is 103 Å². The molecule has 3 rings (SSSR count). The van der Waals surface area contributed by atoms with Gasteiger partial charge in [-0.05, 0) is 50.2 Å². The van der Waals surface area contributed by atoms with E-state index in [-0.39, 0.29) is 24.0 Å². The van der Waals surface area contributed by atoms with Gasteiger partial charge in [0.1, 0.15) is 23.2 Å². The van der Waals surface area contributed by atoms with Crippen LogP contribution < -0.4 is 39.9 Å². The summed E-state index contributed by atoms with van der Waals surface area (Å²) in [6.45, 7) is 4.38. The lowest BCUT2D eigenvalue weighted by Crippen LogP contribution is -3.00. The van der Waals surface area contributed by atoms with Crippen molar-refractivity contribution in [2.24, 2.45) is 0 Å². The molecule has 0 radical (unpaired) electrons. The maximum atomic E-state index is 2.38. The topological polar surface area (TPSA) is 0 Å². The second kappa shape index (κ2) is 10.0. The summed E-state index contributed by atoms with van der Waals surface area (Å²) in [5.74, 6) is 0. The van der Waals surface area contributed by atoms with Gasteiger partial charge in [0.25, 0.3) is 0 Å². The molecule has 26 heavy (non-hydrogen) atoms. The van der Waals surface area contributed by atoms with E-state index >= 15 is 0 Å². The number of halogens is 1. The first-order valence-electron chi connectivity index (χ1n) is 8.92. The lowest BCUT2D eigenvalue weighted by atomic mass is 10.3. The Morgan fingerprint density at radius 2 is 1.00 bits per heavy atom. The largest absolute Gasteiger partial charge is 1.00 e. The zero-order valence-corrected chi connectivity index (χ0v) is 18.5. The lowest BCUT2D eigenvalue weighted by molar-refractivity contribution is -0.00000504. The highest BCUT2D eigenvalue weighted by molar-refractivity contribution is 7.95. The average Bonchev–Trinajstić information content (AvgIpc) is 2.67. The quantitative estimate of drug-likeness (QED) is 0.294. The van der Waals surface area contributed by atoms with E-state index in [0.717, 1.165) is 12.6 Å². The Bertz CT molecular complexity index is 710. The van der Waals surface area contributed by atoms with Crippen molar-refractivity contribution in [2.75, 3.05) is 6.16 Å². The van der Waals surface area contributed by atoms with Crippen LogP contribution in [0.15, 0.2) is 103 Å². The van der Waals surface area contributed by atoms with Crippen molar-refractivity contribution in [3.63, 3.8) is 0 Å². The molecule has 0 bridgehead atoms. The van der Waals surface area contributed by atoms with Crippen molar-refractivity contribution < 1.29 is 24.0 Å². The molecule has 134 valence electrons. The van der Waals surface area contributed by atoms with Crippen LogP contribution in [-0.4, -0.2) is 6.16 Å². The second-order valence-corrected chi connectivity index (χ2v) is 10.2. The van der Waals surface area contributed by atoms with Crippen LogP contribution in [0.5, 0.6) is 0 Å². The summed E-state index contributed by atoms with van der Waals surface area (Å²) < 4.78 is 0. The fraction of sp³-hybridized carbons (Fsp3) is 0.167. The number of hydrogen-bond donors (Lipinski definition) is 0. The summed E-state index contributed by atoms with van der Waals surface area (Å²) in [6, 6.07) is 33.3. The Labute approximate surface area is 175 Å². The van der Waals surface area contributed by atoms with Crippen LogP contribution in [0.4, 0.5) is 0 Å². The zero-order valence-electron chi connectivity index (χ0n) is 15.5. The number of benzene rings is 3. The second-order valence-electron chi connectivity index (χ2n) is 6.61. The Morgan fingerprint density at radius 1 is 0.654 bits per heavy atom. The monoisotopic (exact) mass is 472 g/mol. The molecular formula is C24H26IP. The minimum Gasteiger partial charge on any atom is -1.00 e. The molecule has 0 amide bonds. The van der Waals surface area contributed by atoms with Gasteiger partial charge in [0.05, 0.1) is 6.16 Å². The van der Waals surface area contributed by atoms with Gasteiger partial charge in [0.15, 0.2) is 0 Å². The third-order valence-electron chi connectivity index (χ3n) is 4.61. The van der Waals surface area contributed by atoms with Crippen molar-refractivity contribution in [3.8, 4) is 0 Å². The predicted octanol–water partition coefficient (Wildman–Crippen LogP) is 2.34. The summed E-state index contributed by atoms with van der Waals surface area (Å²) >= 11 is 0. The van der Waals surface area contributed by atoms with E-state index in [9.17, 15) is 0 Å². The fourth-order valence-corrected chi connectivity index (χ4v) is 7.66. The van der Waals surface area contributed by atoms with Crippen LogP contribution in [0.25, 0.3) is 0 Å². The van der Waals surface area contributed by atoms with E-state index in [1.807, 2.05) is 0 Å². The molecule has 3 aromatic carbocycles. The Morgan fingerprint density at radius 3 is 1.31 bits per heavy atom. The highest BCUT2D eigenvalue weighted by atomic mass is 127. The van der Waals surface area contributed by atoms with Crippen molar-refractivity contribution in [2.45, 2.75) is 20.3 Å². The first kappa shape index (κ1) is 20.9. The van der Waals surface area contributed by atoms with Gasteiger partial charge < -0.3 is 24.0 Å². The highest BCUT2D eigenvalue weighted by Crippen LogP contribution is 2.55. The zero-order chi connectivity index (χ0) is 17.5. The maximum Gasteiger partial charge on any atom is 0.112 e. The number of rotatable bonds is 6. The summed E-state index contributed by atoms with van der Waals surface area (Å²) in [5.41, 5.74) is 1.40. The van der Waals surface area contributed by atoms with Crippen LogP contribution in [0.3, 0.4) is 0 Å². The summed E-state index contributed by atoms with van der Waals surface area (Å²) in [5, 5.41) is 4.40. The maximum absolute atomic E-state index is 2.38. The van der Waals surface area contributed by atoms with Gasteiger partial charge in [-0.15, -0.1) is 0 Å².